The van der Waals surface area contributed by atoms with Crippen molar-refractivity contribution in [2.75, 3.05) is 20.3 Å². The molecule has 0 saturated heterocycles. The van der Waals surface area contributed by atoms with E-state index in [-0.39, 0.29) is 6.04 Å². The first-order valence-corrected chi connectivity index (χ1v) is 5.42. The lowest BCUT2D eigenvalue weighted by atomic mass is 10.1. The highest BCUT2D eigenvalue weighted by Crippen LogP contribution is 2.33. The molecule has 2 rings (SSSR count). The third kappa shape index (κ3) is 2.23. The molecular weight excluding hydrogens is 212 g/mol. The van der Waals surface area contributed by atoms with Crippen LogP contribution in [0.15, 0.2) is 12.1 Å². The molecule has 1 aromatic rings. The number of hydrogen-bond donors (Lipinski definition) is 1. The standard InChI is InChI=1S/C12H15F2NO/c1-16-5-4-15-12-3-2-9-10(12)6-8(13)7-11(9)14/h6-7,12,15H,2-5H2,1H3. The molecule has 1 aromatic carbocycles. The van der Waals surface area contributed by atoms with Crippen LogP contribution in [0.2, 0.25) is 0 Å². The molecular formula is C12H15F2NO. The summed E-state index contributed by atoms with van der Waals surface area (Å²) in [6.45, 7) is 1.29. The van der Waals surface area contributed by atoms with Gasteiger partial charge in [0.1, 0.15) is 11.6 Å². The van der Waals surface area contributed by atoms with Gasteiger partial charge in [-0.1, -0.05) is 0 Å². The van der Waals surface area contributed by atoms with Crippen molar-refractivity contribution in [3.05, 3.63) is 34.9 Å². The van der Waals surface area contributed by atoms with Crippen molar-refractivity contribution in [2.45, 2.75) is 18.9 Å². The van der Waals surface area contributed by atoms with Crippen LogP contribution >= 0.6 is 0 Å². The van der Waals surface area contributed by atoms with Gasteiger partial charge in [0.25, 0.3) is 0 Å². The average Bonchev–Trinajstić information content (AvgIpc) is 2.62. The fourth-order valence-corrected chi connectivity index (χ4v) is 2.19. The highest BCUT2D eigenvalue weighted by Gasteiger charge is 2.25. The van der Waals surface area contributed by atoms with Gasteiger partial charge in [0.15, 0.2) is 0 Å². The van der Waals surface area contributed by atoms with Crippen molar-refractivity contribution in [2.24, 2.45) is 0 Å². The molecule has 0 amide bonds. The van der Waals surface area contributed by atoms with E-state index in [0.717, 1.165) is 18.1 Å². The maximum Gasteiger partial charge on any atom is 0.129 e. The number of methoxy groups -OCH3 is 1. The molecule has 16 heavy (non-hydrogen) atoms. The maximum absolute atomic E-state index is 13.4. The number of fused-ring (bicyclic) bond motifs is 1. The molecule has 1 aliphatic carbocycles. The first-order valence-electron chi connectivity index (χ1n) is 5.42. The minimum Gasteiger partial charge on any atom is -0.383 e. The van der Waals surface area contributed by atoms with E-state index in [2.05, 4.69) is 5.32 Å². The molecule has 2 nitrogen and oxygen atoms in total. The molecule has 1 atom stereocenters. The summed E-state index contributed by atoms with van der Waals surface area (Å²) in [6.07, 6.45) is 1.49. The van der Waals surface area contributed by atoms with E-state index in [1.165, 1.54) is 6.07 Å². The van der Waals surface area contributed by atoms with E-state index in [4.69, 9.17) is 4.74 Å². The largest absolute Gasteiger partial charge is 0.383 e. The fourth-order valence-electron chi connectivity index (χ4n) is 2.19. The molecule has 0 fully saturated rings. The van der Waals surface area contributed by atoms with Crippen molar-refractivity contribution >= 4 is 0 Å². The van der Waals surface area contributed by atoms with Crippen LogP contribution in [0.3, 0.4) is 0 Å². The zero-order valence-electron chi connectivity index (χ0n) is 9.22. The van der Waals surface area contributed by atoms with E-state index in [9.17, 15) is 8.78 Å². The zero-order valence-corrected chi connectivity index (χ0v) is 9.22. The number of ether oxygens (including phenoxy) is 1. The quantitative estimate of drug-likeness (QED) is 0.796. The molecule has 1 N–H and O–H groups in total. The predicted octanol–water partition coefficient (Wildman–Crippen LogP) is 2.19. The van der Waals surface area contributed by atoms with E-state index in [1.807, 2.05) is 0 Å². The van der Waals surface area contributed by atoms with Crippen molar-refractivity contribution in [1.29, 1.82) is 0 Å². The fraction of sp³-hybridized carbons (Fsp3) is 0.500. The van der Waals surface area contributed by atoms with Crippen LogP contribution in [0.4, 0.5) is 8.78 Å². The molecule has 4 heteroatoms. The maximum atomic E-state index is 13.4. The summed E-state index contributed by atoms with van der Waals surface area (Å²) in [5.74, 6) is -0.928. The van der Waals surface area contributed by atoms with Crippen LogP contribution in [0, 0.1) is 11.6 Å². The Labute approximate surface area is 93.6 Å². The molecule has 0 radical (unpaired) electrons. The second kappa shape index (κ2) is 4.89. The third-order valence-corrected chi connectivity index (χ3v) is 2.95. The van der Waals surface area contributed by atoms with E-state index in [1.54, 1.807) is 7.11 Å². The Morgan fingerprint density at radius 1 is 1.44 bits per heavy atom. The van der Waals surface area contributed by atoms with Crippen molar-refractivity contribution in [3.63, 3.8) is 0 Å². The number of halogens is 2. The van der Waals surface area contributed by atoms with E-state index >= 15 is 0 Å². The van der Waals surface area contributed by atoms with Gasteiger partial charge in [0.05, 0.1) is 6.61 Å². The molecule has 0 bridgehead atoms. The predicted molar refractivity (Wildman–Crippen MR) is 57.3 cm³/mol. The van der Waals surface area contributed by atoms with Crippen LogP contribution in [0.1, 0.15) is 23.6 Å². The molecule has 0 heterocycles. The highest BCUT2D eigenvalue weighted by molar-refractivity contribution is 5.36. The Kier molecular flexibility index (Phi) is 3.51. The SMILES string of the molecule is COCCNC1CCc2c(F)cc(F)cc21. The summed E-state index contributed by atoms with van der Waals surface area (Å²) < 4.78 is 31.4. The van der Waals surface area contributed by atoms with Crippen LogP contribution in [0.25, 0.3) is 0 Å². The minimum absolute atomic E-state index is 0.0512. The Balaban J connectivity index is 2.12. The number of benzene rings is 1. The molecule has 0 aliphatic heterocycles. The first kappa shape index (κ1) is 11.5. The van der Waals surface area contributed by atoms with Gasteiger partial charge in [-0.05, 0) is 30.0 Å². The van der Waals surface area contributed by atoms with Crippen molar-refractivity contribution in [1.82, 2.24) is 5.32 Å². The van der Waals surface area contributed by atoms with Gasteiger partial charge in [-0.3, -0.25) is 0 Å². The summed E-state index contributed by atoms with van der Waals surface area (Å²) in [5.41, 5.74) is 1.41. The molecule has 0 aromatic heterocycles. The van der Waals surface area contributed by atoms with Crippen LogP contribution in [-0.2, 0) is 11.2 Å². The molecule has 0 spiro atoms. The van der Waals surface area contributed by atoms with Crippen LogP contribution in [-0.4, -0.2) is 20.3 Å². The van der Waals surface area contributed by atoms with Gasteiger partial charge in [0, 0.05) is 25.8 Å². The normalized spacial score (nSPS) is 18.8. The van der Waals surface area contributed by atoms with Gasteiger partial charge in [0.2, 0.25) is 0 Å². The lowest BCUT2D eigenvalue weighted by Gasteiger charge is -2.13. The molecule has 1 unspecified atom stereocenters. The van der Waals surface area contributed by atoms with E-state index in [0.29, 0.717) is 25.1 Å². The first-order chi connectivity index (χ1) is 7.72. The average molecular weight is 227 g/mol. The zero-order chi connectivity index (χ0) is 11.5. The number of rotatable bonds is 4. The van der Waals surface area contributed by atoms with Gasteiger partial charge in [-0.15, -0.1) is 0 Å². The number of hydrogen-bond acceptors (Lipinski definition) is 2. The van der Waals surface area contributed by atoms with Crippen LogP contribution < -0.4 is 5.32 Å². The highest BCUT2D eigenvalue weighted by atomic mass is 19.1. The lowest BCUT2D eigenvalue weighted by Crippen LogP contribution is -2.23. The van der Waals surface area contributed by atoms with Crippen molar-refractivity contribution in [3.8, 4) is 0 Å². The third-order valence-electron chi connectivity index (χ3n) is 2.95. The lowest BCUT2D eigenvalue weighted by molar-refractivity contribution is 0.195. The Morgan fingerprint density at radius 3 is 3.00 bits per heavy atom. The monoisotopic (exact) mass is 227 g/mol. The second-order valence-electron chi connectivity index (χ2n) is 3.99. The van der Waals surface area contributed by atoms with Gasteiger partial charge in [-0.25, -0.2) is 8.78 Å². The summed E-state index contributed by atoms with van der Waals surface area (Å²) >= 11 is 0. The summed E-state index contributed by atoms with van der Waals surface area (Å²) in [7, 11) is 1.63. The Hall–Kier alpha value is -1.00. The van der Waals surface area contributed by atoms with Crippen LogP contribution in [0.5, 0.6) is 0 Å². The molecule has 1 aliphatic rings. The molecule has 88 valence electrons. The second-order valence-corrected chi connectivity index (χ2v) is 3.99. The summed E-state index contributed by atoms with van der Waals surface area (Å²) in [4.78, 5) is 0. The smallest absolute Gasteiger partial charge is 0.129 e. The Morgan fingerprint density at radius 2 is 2.25 bits per heavy atom. The summed E-state index contributed by atoms with van der Waals surface area (Å²) in [5, 5.41) is 3.23. The van der Waals surface area contributed by atoms with Gasteiger partial charge < -0.3 is 10.1 Å². The molecule has 0 saturated carbocycles. The Bertz CT molecular complexity index is 382. The van der Waals surface area contributed by atoms with Gasteiger partial charge in [-0.2, -0.15) is 0 Å². The van der Waals surface area contributed by atoms with Crippen molar-refractivity contribution < 1.29 is 13.5 Å². The topological polar surface area (TPSA) is 21.3 Å². The van der Waals surface area contributed by atoms with E-state index < -0.39 is 11.6 Å². The van der Waals surface area contributed by atoms with Gasteiger partial charge >= 0.3 is 0 Å². The summed E-state index contributed by atoms with van der Waals surface area (Å²) in [6, 6.07) is 2.43. The number of nitrogens with one attached hydrogen (secondary N) is 1. The minimum atomic E-state index is -0.503.